The molecule has 5 rings (SSSR count). The normalized spacial score (nSPS) is 29.7. The summed E-state index contributed by atoms with van der Waals surface area (Å²) in [7, 11) is 0. The van der Waals surface area contributed by atoms with E-state index in [2.05, 4.69) is 5.10 Å². The Balaban J connectivity index is 1.42. The van der Waals surface area contributed by atoms with Crippen molar-refractivity contribution in [2.45, 2.75) is 31.6 Å². The van der Waals surface area contributed by atoms with Gasteiger partial charge in [-0.05, 0) is 25.0 Å². The van der Waals surface area contributed by atoms with Crippen molar-refractivity contribution >= 4 is 29.2 Å². The number of anilines is 1. The van der Waals surface area contributed by atoms with E-state index in [4.69, 9.17) is 16.3 Å². The molecule has 2 bridgehead atoms. The topological polar surface area (TPSA) is 64.4 Å². The molecular weight excluding hydrogens is 361 g/mol. The number of hydrogen-bond donors (Lipinski definition) is 0. The van der Waals surface area contributed by atoms with Crippen molar-refractivity contribution in [2.75, 3.05) is 4.90 Å². The molecule has 8 heteroatoms. The molecule has 3 aliphatic heterocycles. The number of imide groups is 1. The molecule has 0 unspecified atom stereocenters. The molecule has 0 aliphatic carbocycles. The van der Waals surface area contributed by atoms with Crippen molar-refractivity contribution in [2.24, 2.45) is 11.8 Å². The molecule has 2 amide bonds. The minimum absolute atomic E-state index is 0.114. The van der Waals surface area contributed by atoms with E-state index in [0.717, 1.165) is 17.7 Å². The summed E-state index contributed by atoms with van der Waals surface area (Å²) in [5.41, 5.74) is 0.311. The van der Waals surface area contributed by atoms with Gasteiger partial charge in [-0.25, -0.2) is 9.29 Å². The van der Waals surface area contributed by atoms with Crippen LogP contribution < -0.4 is 4.90 Å². The predicted molar refractivity (Wildman–Crippen MR) is 90.1 cm³/mol. The highest BCUT2D eigenvalue weighted by Gasteiger charge is 2.63. The average Bonchev–Trinajstić information content (AvgIpc) is 3.36. The van der Waals surface area contributed by atoms with E-state index in [1.54, 1.807) is 18.3 Å². The Hall–Kier alpha value is -2.25. The fraction of sp³-hybridized carbons (Fsp3) is 0.389. The van der Waals surface area contributed by atoms with Crippen LogP contribution in [0.3, 0.4) is 0 Å². The van der Waals surface area contributed by atoms with Gasteiger partial charge < -0.3 is 4.74 Å². The smallest absolute Gasteiger partial charge is 0.241 e. The van der Waals surface area contributed by atoms with Crippen molar-refractivity contribution < 1.29 is 18.7 Å². The highest BCUT2D eigenvalue weighted by Crippen LogP contribution is 2.49. The number of carbonyl (C=O) groups is 2. The van der Waals surface area contributed by atoms with Gasteiger partial charge >= 0.3 is 0 Å². The van der Waals surface area contributed by atoms with Crippen molar-refractivity contribution in [3.8, 4) is 0 Å². The number of fused-ring (bicyclic) bond motifs is 5. The first kappa shape index (κ1) is 16.0. The van der Waals surface area contributed by atoms with Crippen LogP contribution in [0.1, 0.15) is 18.4 Å². The van der Waals surface area contributed by atoms with E-state index < -0.39 is 17.7 Å². The number of aromatic nitrogens is 2. The summed E-state index contributed by atoms with van der Waals surface area (Å²) in [6.07, 6.45) is 2.92. The molecule has 0 saturated carbocycles. The number of carbonyl (C=O) groups excluding carboxylic acids is 2. The third-order valence-electron chi connectivity index (χ3n) is 5.52. The van der Waals surface area contributed by atoms with Crippen molar-refractivity contribution in [1.29, 1.82) is 0 Å². The van der Waals surface area contributed by atoms with Crippen LogP contribution in [0, 0.1) is 17.7 Å². The lowest BCUT2D eigenvalue weighted by atomic mass is 9.81. The van der Waals surface area contributed by atoms with Gasteiger partial charge in [0.25, 0.3) is 0 Å². The Bertz CT molecular complexity index is 882. The number of hydrogen-bond acceptors (Lipinski definition) is 4. The Labute approximate surface area is 153 Å². The van der Waals surface area contributed by atoms with Crippen molar-refractivity contribution in [3.05, 3.63) is 46.9 Å². The van der Waals surface area contributed by atoms with Crippen LogP contribution in [-0.4, -0.2) is 33.8 Å². The Kier molecular flexibility index (Phi) is 3.45. The molecule has 0 radical (unpaired) electrons. The monoisotopic (exact) mass is 375 g/mol. The van der Waals surface area contributed by atoms with Crippen LogP contribution in [0.4, 0.5) is 10.2 Å². The summed E-state index contributed by atoms with van der Waals surface area (Å²) >= 11 is 6.05. The third-order valence-corrected chi connectivity index (χ3v) is 5.88. The van der Waals surface area contributed by atoms with Gasteiger partial charge in [-0.2, -0.15) is 5.10 Å². The summed E-state index contributed by atoms with van der Waals surface area (Å²) < 4.78 is 21.2. The minimum Gasteiger partial charge on any atom is -0.373 e. The fourth-order valence-corrected chi connectivity index (χ4v) is 4.56. The molecule has 1 aromatic heterocycles. The van der Waals surface area contributed by atoms with Crippen LogP contribution in [-0.2, 0) is 20.9 Å². The van der Waals surface area contributed by atoms with Crippen LogP contribution >= 0.6 is 11.6 Å². The summed E-state index contributed by atoms with van der Waals surface area (Å²) in [5, 5.41) is 4.61. The van der Waals surface area contributed by atoms with Gasteiger partial charge in [0.05, 0.1) is 30.6 Å². The lowest BCUT2D eigenvalue weighted by molar-refractivity contribution is -0.124. The number of nitrogens with zero attached hydrogens (tertiary/aromatic N) is 3. The van der Waals surface area contributed by atoms with E-state index >= 15 is 0 Å². The quantitative estimate of drug-likeness (QED) is 0.773. The fourth-order valence-electron chi connectivity index (χ4n) is 4.34. The molecule has 26 heavy (non-hydrogen) atoms. The third kappa shape index (κ3) is 2.17. The molecule has 6 nitrogen and oxygen atoms in total. The second-order valence-electron chi connectivity index (χ2n) is 6.93. The number of benzene rings is 1. The van der Waals surface area contributed by atoms with Gasteiger partial charge in [-0.1, -0.05) is 17.7 Å². The van der Waals surface area contributed by atoms with Gasteiger partial charge in [-0.3, -0.25) is 14.3 Å². The molecule has 1 aromatic carbocycles. The first-order valence-corrected chi connectivity index (χ1v) is 8.92. The van der Waals surface area contributed by atoms with E-state index in [-0.39, 0.29) is 36.4 Å². The summed E-state index contributed by atoms with van der Waals surface area (Å²) in [6, 6.07) is 6.06. The minimum atomic E-state index is -0.425. The van der Waals surface area contributed by atoms with Crippen molar-refractivity contribution in [1.82, 2.24) is 9.78 Å². The lowest BCUT2D eigenvalue weighted by Crippen LogP contribution is -2.34. The zero-order valence-corrected chi connectivity index (χ0v) is 14.4. The molecule has 0 N–H and O–H groups in total. The highest BCUT2D eigenvalue weighted by molar-refractivity contribution is 6.31. The maximum atomic E-state index is 14.0. The molecule has 3 aliphatic rings. The highest BCUT2D eigenvalue weighted by atomic mass is 35.5. The lowest BCUT2D eigenvalue weighted by Gasteiger charge is -2.15. The summed E-state index contributed by atoms with van der Waals surface area (Å²) in [6.45, 7) is 0.114. The maximum absolute atomic E-state index is 14.0. The molecule has 0 spiro atoms. The number of halogens is 2. The standard InChI is InChI=1S/C18H15ClFN3O3/c19-10-2-1-3-11(20)9(10)8-22-7-6-14(21-22)23-17(24)15-12-4-5-13(26-12)16(15)18(23)25/h1-3,6-7,12-13,15-16H,4-5,8H2/t12-,13-,15+,16+/m1/s1. The van der Waals surface area contributed by atoms with E-state index in [9.17, 15) is 14.0 Å². The SMILES string of the molecule is O=C1[C@@H]2[C@@H](C(=O)N1c1ccn(Cc3c(F)cccc3Cl)n1)[C@H]1CC[C@H]2O1. The summed E-state index contributed by atoms with van der Waals surface area (Å²) in [4.78, 5) is 26.7. The van der Waals surface area contributed by atoms with Crippen LogP contribution in [0.25, 0.3) is 0 Å². The number of amides is 2. The molecule has 134 valence electrons. The first-order valence-electron chi connectivity index (χ1n) is 8.54. The first-order chi connectivity index (χ1) is 12.5. The predicted octanol–water partition coefficient (Wildman–Crippen LogP) is 2.39. The van der Waals surface area contributed by atoms with Crippen molar-refractivity contribution in [3.63, 3.8) is 0 Å². The molecule has 4 heterocycles. The second-order valence-corrected chi connectivity index (χ2v) is 7.33. The molecular formula is C18H15ClFN3O3. The van der Waals surface area contributed by atoms with Gasteiger partial charge in [0.15, 0.2) is 5.82 Å². The number of ether oxygens (including phenoxy) is 1. The Morgan fingerprint density at radius 2 is 1.85 bits per heavy atom. The van der Waals surface area contributed by atoms with E-state index in [1.165, 1.54) is 16.8 Å². The van der Waals surface area contributed by atoms with E-state index in [0.29, 0.717) is 10.6 Å². The Morgan fingerprint density at radius 1 is 1.15 bits per heavy atom. The molecule has 3 saturated heterocycles. The van der Waals surface area contributed by atoms with Gasteiger partial charge in [0.2, 0.25) is 11.8 Å². The summed E-state index contributed by atoms with van der Waals surface area (Å²) in [5.74, 6) is -1.45. The van der Waals surface area contributed by atoms with Gasteiger partial charge in [0.1, 0.15) is 5.82 Å². The molecule has 3 fully saturated rings. The largest absolute Gasteiger partial charge is 0.373 e. The van der Waals surface area contributed by atoms with E-state index in [1.807, 2.05) is 0 Å². The Morgan fingerprint density at radius 3 is 2.50 bits per heavy atom. The zero-order chi connectivity index (χ0) is 18.0. The average molecular weight is 376 g/mol. The van der Waals surface area contributed by atoms with Crippen LogP contribution in [0.2, 0.25) is 5.02 Å². The molecule has 4 atom stereocenters. The zero-order valence-electron chi connectivity index (χ0n) is 13.6. The molecule has 2 aromatic rings. The van der Waals surface area contributed by atoms with Crippen LogP contribution in [0.5, 0.6) is 0 Å². The van der Waals surface area contributed by atoms with Crippen LogP contribution in [0.15, 0.2) is 30.5 Å². The number of rotatable bonds is 3. The van der Waals surface area contributed by atoms with Gasteiger partial charge in [-0.15, -0.1) is 0 Å². The maximum Gasteiger partial charge on any atom is 0.241 e. The second kappa shape index (κ2) is 5.62. The van der Waals surface area contributed by atoms with Gasteiger partial charge in [0, 0.05) is 22.8 Å².